The first kappa shape index (κ1) is 12.6. The molecule has 4 rings (SSSR count). The number of hydrogen-bond donors (Lipinski definition) is 0. The van der Waals surface area contributed by atoms with Crippen LogP contribution in [0.4, 0.5) is 0 Å². The first-order valence-electron chi connectivity index (χ1n) is 6.86. The average molecular weight is 286 g/mol. The maximum atomic E-state index is 12.8. The molecule has 0 N–H and O–H groups in total. The quantitative estimate of drug-likeness (QED) is 0.540. The molecule has 22 heavy (non-hydrogen) atoms. The Labute approximate surface area is 126 Å². The first-order valence-corrected chi connectivity index (χ1v) is 6.86. The first-order chi connectivity index (χ1) is 10.8. The van der Waals surface area contributed by atoms with Crippen molar-refractivity contribution in [2.24, 2.45) is 0 Å². The van der Waals surface area contributed by atoms with E-state index in [1.807, 2.05) is 0 Å². The summed E-state index contributed by atoms with van der Waals surface area (Å²) in [6.45, 7) is 0. The van der Waals surface area contributed by atoms with Crippen molar-refractivity contribution in [1.29, 1.82) is 0 Å². The standard InChI is InChI=1S/C18H10N2O2/c21-16-11-5-1-2-6-12(11)17(22)15-13(16)7-3-8-14(15)18-19-9-4-10-20-18/h1-10H. The van der Waals surface area contributed by atoms with E-state index in [1.54, 1.807) is 60.9 Å². The van der Waals surface area contributed by atoms with Crippen LogP contribution in [0.2, 0.25) is 0 Å². The Bertz CT molecular complexity index is 917. The van der Waals surface area contributed by atoms with Crippen molar-refractivity contribution in [3.8, 4) is 11.4 Å². The number of benzene rings is 2. The Morgan fingerprint density at radius 1 is 0.591 bits per heavy atom. The van der Waals surface area contributed by atoms with Crippen LogP contribution in [0.25, 0.3) is 11.4 Å². The molecule has 0 spiro atoms. The second-order valence-electron chi connectivity index (χ2n) is 5.00. The maximum Gasteiger partial charge on any atom is 0.195 e. The fourth-order valence-corrected chi connectivity index (χ4v) is 2.77. The summed E-state index contributed by atoms with van der Waals surface area (Å²) in [6, 6.07) is 13.8. The third kappa shape index (κ3) is 1.71. The molecule has 0 bridgehead atoms. The SMILES string of the molecule is O=C1c2ccccc2C(=O)c2c1cccc2-c1ncccn1. The Morgan fingerprint density at radius 2 is 1.18 bits per heavy atom. The summed E-state index contributed by atoms with van der Waals surface area (Å²) in [5.41, 5.74) is 2.27. The van der Waals surface area contributed by atoms with Gasteiger partial charge in [0.2, 0.25) is 0 Å². The molecule has 1 heterocycles. The van der Waals surface area contributed by atoms with Crippen LogP contribution in [-0.2, 0) is 0 Å². The van der Waals surface area contributed by atoms with E-state index in [2.05, 4.69) is 9.97 Å². The van der Waals surface area contributed by atoms with Gasteiger partial charge in [-0.1, -0.05) is 42.5 Å². The molecule has 0 fully saturated rings. The molecule has 0 unspecified atom stereocenters. The minimum Gasteiger partial charge on any atom is -0.289 e. The highest BCUT2D eigenvalue weighted by Gasteiger charge is 2.31. The molecule has 0 amide bonds. The Hall–Kier alpha value is -3.14. The summed E-state index contributed by atoms with van der Waals surface area (Å²) in [7, 11) is 0. The van der Waals surface area contributed by atoms with Gasteiger partial charge in [0.05, 0.1) is 0 Å². The van der Waals surface area contributed by atoms with Crippen LogP contribution in [0.3, 0.4) is 0 Å². The van der Waals surface area contributed by atoms with Gasteiger partial charge in [-0.15, -0.1) is 0 Å². The van der Waals surface area contributed by atoms with Crippen LogP contribution in [0, 0.1) is 0 Å². The zero-order valence-corrected chi connectivity index (χ0v) is 11.5. The average Bonchev–Trinajstić information content (AvgIpc) is 2.60. The molecule has 0 atom stereocenters. The van der Waals surface area contributed by atoms with Gasteiger partial charge in [-0.2, -0.15) is 0 Å². The van der Waals surface area contributed by atoms with E-state index < -0.39 is 0 Å². The zero-order chi connectivity index (χ0) is 15.1. The monoisotopic (exact) mass is 286 g/mol. The maximum absolute atomic E-state index is 12.8. The van der Waals surface area contributed by atoms with Gasteiger partial charge in [0.1, 0.15) is 0 Å². The van der Waals surface area contributed by atoms with E-state index in [-0.39, 0.29) is 11.6 Å². The molecule has 0 radical (unpaired) electrons. The number of carbonyl (C=O) groups is 2. The summed E-state index contributed by atoms with van der Waals surface area (Å²) >= 11 is 0. The van der Waals surface area contributed by atoms with Crippen molar-refractivity contribution >= 4 is 11.6 Å². The fraction of sp³-hybridized carbons (Fsp3) is 0. The summed E-state index contributed by atoms with van der Waals surface area (Å²) in [4.78, 5) is 33.9. The molecule has 4 heteroatoms. The van der Waals surface area contributed by atoms with Crippen molar-refractivity contribution in [2.75, 3.05) is 0 Å². The van der Waals surface area contributed by atoms with Crippen LogP contribution in [-0.4, -0.2) is 21.5 Å². The Balaban J connectivity index is 2.02. The number of ketones is 2. The van der Waals surface area contributed by atoms with Crippen LogP contribution in [0.1, 0.15) is 31.8 Å². The molecule has 2 aromatic carbocycles. The van der Waals surface area contributed by atoms with Gasteiger partial charge >= 0.3 is 0 Å². The second kappa shape index (κ2) is 4.70. The molecular weight excluding hydrogens is 276 g/mol. The topological polar surface area (TPSA) is 59.9 Å². The number of nitrogens with zero attached hydrogens (tertiary/aromatic N) is 2. The van der Waals surface area contributed by atoms with Gasteiger partial charge < -0.3 is 0 Å². The predicted molar refractivity (Wildman–Crippen MR) is 80.8 cm³/mol. The second-order valence-corrected chi connectivity index (χ2v) is 5.00. The van der Waals surface area contributed by atoms with E-state index in [1.165, 1.54) is 0 Å². The summed E-state index contributed by atoms with van der Waals surface area (Å²) in [5.74, 6) is 0.149. The molecule has 104 valence electrons. The number of fused-ring (bicyclic) bond motifs is 2. The molecule has 0 aliphatic heterocycles. The third-order valence-corrected chi connectivity index (χ3v) is 3.76. The summed E-state index contributed by atoms with van der Waals surface area (Å²) in [6.07, 6.45) is 3.23. The highest BCUT2D eigenvalue weighted by atomic mass is 16.1. The molecule has 4 nitrogen and oxygen atoms in total. The molecule has 0 saturated carbocycles. The van der Waals surface area contributed by atoms with Gasteiger partial charge in [0, 0.05) is 40.2 Å². The van der Waals surface area contributed by atoms with E-state index in [4.69, 9.17) is 0 Å². The van der Waals surface area contributed by atoms with Crippen LogP contribution in [0.5, 0.6) is 0 Å². The highest BCUT2D eigenvalue weighted by Crippen LogP contribution is 2.32. The van der Waals surface area contributed by atoms with Gasteiger partial charge in [0.25, 0.3) is 0 Å². The van der Waals surface area contributed by atoms with Crippen molar-refractivity contribution in [2.45, 2.75) is 0 Å². The third-order valence-electron chi connectivity index (χ3n) is 3.76. The van der Waals surface area contributed by atoms with Gasteiger partial charge in [-0.25, -0.2) is 9.97 Å². The normalized spacial score (nSPS) is 12.7. The van der Waals surface area contributed by atoms with E-state index in [9.17, 15) is 9.59 Å². The van der Waals surface area contributed by atoms with Crippen LogP contribution < -0.4 is 0 Å². The van der Waals surface area contributed by atoms with E-state index in [0.29, 0.717) is 33.6 Å². The number of rotatable bonds is 1. The molecule has 1 aromatic heterocycles. The lowest BCUT2D eigenvalue weighted by Gasteiger charge is -2.19. The van der Waals surface area contributed by atoms with Crippen LogP contribution >= 0.6 is 0 Å². The minimum atomic E-state index is -0.159. The van der Waals surface area contributed by atoms with Gasteiger partial charge in [-0.05, 0) is 6.07 Å². The Morgan fingerprint density at radius 3 is 1.91 bits per heavy atom. The van der Waals surface area contributed by atoms with Crippen LogP contribution in [0.15, 0.2) is 60.9 Å². The van der Waals surface area contributed by atoms with Crippen molar-refractivity contribution in [3.63, 3.8) is 0 Å². The minimum absolute atomic E-state index is 0.136. The lowest BCUT2D eigenvalue weighted by atomic mass is 9.82. The van der Waals surface area contributed by atoms with Crippen molar-refractivity contribution in [3.05, 3.63) is 83.2 Å². The smallest absolute Gasteiger partial charge is 0.195 e. The molecule has 0 saturated heterocycles. The molecular formula is C18H10N2O2. The molecule has 3 aromatic rings. The number of hydrogen-bond acceptors (Lipinski definition) is 4. The van der Waals surface area contributed by atoms with Gasteiger partial charge in [-0.3, -0.25) is 9.59 Å². The number of aromatic nitrogens is 2. The molecule has 1 aliphatic rings. The largest absolute Gasteiger partial charge is 0.289 e. The fourth-order valence-electron chi connectivity index (χ4n) is 2.77. The Kier molecular flexibility index (Phi) is 2.69. The van der Waals surface area contributed by atoms with E-state index >= 15 is 0 Å². The number of carbonyl (C=O) groups excluding carboxylic acids is 2. The van der Waals surface area contributed by atoms with Gasteiger partial charge in [0.15, 0.2) is 17.4 Å². The van der Waals surface area contributed by atoms with Crippen molar-refractivity contribution in [1.82, 2.24) is 9.97 Å². The summed E-state index contributed by atoms with van der Waals surface area (Å²) < 4.78 is 0. The molecule has 1 aliphatic carbocycles. The summed E-state index contributed by atoms with van der Waals surface area (Å²) in [5, 5.41) is 0. The van der Waals surface area contributed by atoms with Crippen molar-refractivity contribution < 1.29 is 9.59 Å². The lowest BCUT2D eigenvalue weighted by molar-refractivity contribution is 0.0979. The highest BCUT2D eigenvalue weighted by molar-refractivity contribution is 6.30. The lowest BCUT2D eigenvalue weighted by Crippen LogP contribution is -2.21. The zero-order valence-electron chi connectivity index (χ0n) is 11.5. The van der Waals surface area contributed by atoms with E-state index in [0.717, 1.165) is 0 Å². The predicted octanol–water partition coefficient (Wildman–Crippen LogP) is 2.92.